The third-order valence-electron chi connectivity index (χ3n) is 4.25. The molecule has 1 heterocycles. The molecule has 25 heavy (non-hydrogen) atoms. The summed E-state index contributed by atoms with van der Waals surface area (Å²) in [6.45, 7) is 2.59. The summed E-state index contributed by atoms with van der Waals surface area (Å²) in [5.74, 6) is 0.454. The molecule has 0 amide bonds. The fourth-order valence-electron chi connectivity index (χ4n) is 2.91. The predicted octanol–water partition coefficient (Wildman–Crippen LogP) is 3.02. The SMILES string of the molecule is CCCCOc1cc(O)cc2c1C[C@@H](O)[C@H](c1ccc(O)c(O)c1)O2. The summed E-state index contributed by atoms with van der Waals surface area (Å²) >= 11 is 0. The summed E-state index contributed by atoms with van der Waals surface area (Å²) in [4.78, 5) is 0. The number of hydrogen-bond donors (Lipinski definition) is 4. The number of unbranched alkanes of at least 4 members (excludes halogenated alkanes) is 1. The van der Waals surface area contributed by atoms with E-state index in [-0.39, 0.29) is 17.2 Å². The smallest absolute Gasteiger partial charge is 0.157 e. The predicted molar refractivity (Wildman–Crippen MR) is 91.4 cm³/mol. The van der Waals surface area contributed by atoms with Crippen LogP contribution < -0.4 is 9.47 Å². The number of aliphatic hydroxyl groups is 1. The van der Waals surface area contributed by atoms with Crippen LogP contribution in [-0.4, -0.2) is 33.1 Å². The number of hydrogen-bond acceptors (Lipinski definition) is 6. The van der Waals surface area contributed by atoms with Crippen molar-refractivity contribution in [2.75, 3.05) is 6.61 Å². The molecular formula is C19H22O6. The number of aliphatic hydroxyl groups excluding tert-OH is 1. The van der Waals surface area contributed by atoms with Gasteiger partial charge in [-0.1, -0.05) is 19.4 Å². The molecule has 0 saturated heterocycles. The highest BCUT2D eigenvalue weighted by atomic mass is 16.5. The maximum Gasteiger partial charge on any atom is 0.157 e. The summed E-state index contributed by atoms with van der Waals surface area (Å²) in [7, 11) is 0. The number of fused-ring (bicyclic) bond motifs is 1. The molecule has 0 aromatic heterocycles. The zero-order valence-corrected chi connectivity index (χ0v) is 14.0. The van der Waals surface area contributed by atoms with Gasteiger partial charge in [0.25, 0.3) is 0 Å². The van der Waals surface area contributed by atoms with Gasteiger partial charge in [-0.15, -0.1) is 0 Å². The van der Waals surface area contributed by atoms with Crippen molar-refractivity contribution < 1.29 is 29.9 Å². The van der Waals surface area contributed by atoms with E-state index in [1.165, 1.54) is 24.3 Å². The molecule has 0 saturated carbocycles. The van der Waals surface area contributed by atoms with Gasteiger partial charge in [0.05, 0.1) is 12.7 Å². The molecule has 2 atom stereocenters. The topological polar surface area (TPSA) is 99.4 Å². The first-order valence-corrected chi connectivity index (χ1v) is 8.35. The van der Waals surface area contributed by atoms with E-state index in [9.17, 15) is 20.4 Å². The standard InChI is InChI=1S/C19H22O6/c1-2-3-6-24-17-8-12(20)9-18-13(17)10-16(23)19(25-18)11-4-5-14(21)15(22)7-11/h4-5,7-9,16,19-23H,2-3,6,10H2,1H3/t16-,19+/m1/s1. The van der Waals surface area contributed by atoms with Crippen molar-refractivity contribution in [2.24, 2.45) is 0 Å². The highest BCUT2D eigenvalue weighted by molar-refractivity contribution is 5.52. The average Bonchev–Trinajstić information content (AvgIpc) is 2.57. The van der Waals surface area contributed by atoms with Gasteiger partial charge >= 0.3 is 0 Å². The summed E-state index contributed by atoms with van der Waals surface area (Å²) in [6, 6.07) is 7.29. The Morgan fingerprint density at radius 1 is 1.12 bits per heavy atom. The van der Waals surface area contributed by atoms with Crippen LogP contribution in [0, 0.1) is 0 Å². The molecule has 1 aliphatic heterocycles. The average molecular weight is 346 g/mol. The van der Waals surface area contributed by atoms with Gasteiger partial charge in [-0.25, -0.2) is 0 Å². The number of ether oxygens (including phenoxy) is 2. The highest BCUT2D eigenvalue weighted by Gasteiger charge is 2.32. The third-order valence-corrected chi connectivity index (χ3v) is 4.25. The molecule has 4 N–H and O–H groups in total. The molecule has 1 aliphatic rings. The summed E-state index contributed by atoms with van der Waals surface area (Å²) in [6.07, 6.45) is 0.609. The second-order valence-corrected chi connectivity index (χ2v) is 6.18. The van der Waals surface area contributed by atoms with Crippen molar-refractivity contribution in [3.8, 4) is 28.7 Å². The van der Waals surface area contributed by atoms with E-state index in [1.54, 1.807) is 6.07 Å². The van der Waals surface area contributed by atoms with Gasteiger partial charge in [0.15, 0.2) is 11.5 Å². The zero-order chi connectivity index (χ0) is 18.0. The van der Waals surface area contributed by atoms with Crippen LogP contribution in [0.15, 0.2) is 30.3 Å². The lowest BCUT2D eigenvalue weighted by molar-refractivity contribution is 0.0194. The quantitative estimate of drug-likeness (QED) is 0.491. The van der Waals surface area contributed by atoms with Crippen LogP contribution in [0.4, 0.5) is 0 Å². The minimum atomic E-state index is -0.852. The number of aromatic hydroxyl groups is 3. The van der Waals surface area contributed by atoms with E-state index in [4.69, 9.17) is 9.47 Å². The van der Waals surface area contributed by atoms with Crippen LogP contribution in [0.3, 0.4) is 0 Å². The van der Waals surface area contributed by atoms with Gasteiger partial charge in [0, 0.05) is 24.1 Å². The molecule has 0 radical (unpaired) electrons. The van der Waals surface area contributed by atoms with E-state index >= 15 is 0 Å². The Bertz CT molecular complexity index is 758. The monoisotopic (exact) mass is 346 g/mol. The lowest BCUT2D eigenvalue weighted by Gasteiger charge is -2.32. The normalized spacial score (nSPS) is 19.1. The Labute approximate surface area is 145 Å². The van der Waals surface area contributed by atoms with Crippen LogP contribution >= 0.6 is 0 Å². The Morgan fingerprint density at radius 3 is 2.64 bits per heavy atom. The van der Waals surface area contributed by atoms with E-state index in [1.807, 2.05) is 0 Å². The number of phenols is 3. The maximum atomic E-state index is 10.5. The van der Waals surface area contributed by atoms with E-state index in [0.29, 0.717) is 35.7 Å². The van der Waals surface area contributed by atoms with Gasteiger partial charge in [-0.2, -0.15) is 0 Å². The first-order chi connectivity index (χ1) is 12.0. The Kier molecular flexibility index (Phi) is 4.90. The lowest BCUT2D eigenvalue weighted by atomic mass is 9.94. The third kappa shape index (κ3) is 3.58. The molecule has 0 fully saturated rings. The molecule has 2 aromatic carbocycles. The minimum absolute atomic E-state index is 0.0222. The Morgan fingerprint density at radius 2 is 1.92 bits per heavy atom. The van der Waals surface area contributed by atoms with Crippen LogP contribution in [0.5, 0.6) is 28.7 Å². The van der Waals surface area contributed by atoms with Crippen molar-refractivity contribution >= 4 is 0 Å². The van der Waals surface area contributed by atoms with Gasteiger partial charge < -0.3 is 29.9 Å². The van der Waals surface area contributed by atoms with Gasteiger partial charge in [0.1, 0.15) is 23.4 Å². The number of rotatable bonds is 5. The number of phenolic OH excluding ortho intramolecular Hbond substituents is 3. The summed E-state index contributed by atoms with van der Waals surface area (Å²) in [5.41, 5.74) is 1.24. The molecule has 0 aliphatic carbocycles. The maximum absolute atomic E-state index is 10.5. The van der Waals surface area contributed by atoms with Crippen molar-refractivity contribution in [3.05, 3.63) is 41.5 Å². The van der Waals surface area contributed by atoms with Crippen LogP contribution in [0.1, 0.15) is 37.0 Å². The van der Waals surface area contributed by atoms with Gasteiger partial charge in [-0.3, -0.25) is 0 Å². The van der Waals surface area contributed by atoms with Crippen molar-refractivity contribution in [2.45, 2.75) is 38.4 Å². The van der Waals surface area contributed by atoms with Gasteiger partial charge in [0.2, 0.25) is 0 Å². The highest BCUT2D eigenvalue weighted by Crippen LogP contribution is 2.43. The Hall–Kier alpha value is -2.60. The minimum Gasteiger partial charge on any atom is -0.508 e. The van der Waals surface area contributed by atoms with Crippen molar-refractivity contribution in [1.29, 1.82) is 0 Å². The van der Waals surface area contributed by atoms with Crippen molar-refractivity contribution in [3.63, 3.8) is 0 Å². The summed E-state index contributed by atoms with van der Waals surface area (Å²) in [5, 5.41) is 39.6. The zero-order valence-electron chi connectivity index (χ0n) is 14.0. The molecule has 2 aromatic rings. The lowest BCUT2D eigenvalue weighted by Crippen LogP contribution is -2.30. The molecule has 3 rings (SSSR count). The first kappa shape index (κ1) is 17.2. The van der Waals surface area contributed by atoms with Crippen LogP contribution in [0.2, 0.25) is 0 Å². The van der Waals surface area contributed by atoms with E-state index < -0.39 is 12.2 Å². The van der Waals surface area contributed by atoms with Crippen molar-refractivity contribution in [1.82, 2.24) is 0 Å². The molecule has 0 unspecified atom stereocenters. The molecule has 0 bridgehead atoms. The van der Waals surface area contributed by atoms with Gasteiger partial charge in [-0.05, 0) is 24.1 Å². The fourth-order valence-corrected chi connectivity index (χ4v) is 2.91. The first-order valence-electron chi connectivity index (χ1n) is 8.35. The number of benzene rings is 2. The second kappa shape index (κ2) is 7.11. The molecule has 0 spiro atoms. The Balaban J connectivity index is 1.90. The fraction of sp³-hybridized carbons (Fsp3) is 0.368. The second-order valence-electron chi connectivity index (χ2n) is 6.18. The molecule has 6 nitrogen and oxygen atoms in total. The summed E-state index contributed by atoms with van der Waals surface area (Å²) < 4.78 is 11.6. The van der Waals surface area contributed by atoms with E-state index in [0.717, 1.165) is 12.8 Å². The van der Waals surface area contributed by atoms with E-state index in [2.05, 4.69) is 6.92 Å². The molecular weight excluding hydrogens is 324 g/mol. The molecule has 134 valence electrons. The molecule has 6 heteroatoms. The van der Waals surface area contributed by atoms with Crippen LogP contribution in [-0.2, 0) is 6.42 Å². The van der Waals surface area contributed by atoms with Crippen LogP contribution in [0.25, 0.3) is 0 Å². The largest absolute Gasteiger partial charge is 0.508 e.